The van der Waals surface area contributed by atoms with Gasteiger partial charge in [-0.05, 0) is 63.3 Å². The average molecular weight is 361 g/mol. The van der Waals surface area contributed by atoms with Gasteiger partial charge < -0.3 is 20.1 Å². The fraction of sp³-hybridized carbons (Fsp3) is 0.750. The molecule has 1 unspecified atom stereocenters. The number of carbonyl (C=O) groups excluding carboxylic acids is 1. The van der Waals surface area contributed by atoms with Gasteiger partial charge in [0.2, 0.25) is 5.91 Å². The van der Waals surface area contributed by atoms with Crippen LogP contribution in [-0.4, -0.2) is 65.9 Å². The molecule has 1 aliphatic carbocycles. The summed E-state index contributed by atoms with van der Waals surface area (Å²) in [5.41, 5.74) is -0.240. The van der Waals surface area contributed by atoms with Crippen molar-refractivity contribution < 1.29 is 14.6 Å². The fourth-order valence-corrected chi connectivity index (χ4v) is 5.26. The zero-order chi connectivity index (χ0) is 18.1. The molecule has 0 aromatic rings. The van der Waals surface area contributed by atoms with Gasteiger partial charge in [-0.15, -0.1) is 0 Å². The second-order valence-electron chi connectivity index (χ2n) is 8.27. The van der Waals surface area contributed by atoms with E-state index in [1.165, 1.54) is 0 Å². The Kier molecular flexibility index (Phi) is 4.97. The molecule has 4 rings (SSSR count). The molecule has 3 heterocycles. The third-order valence-corrected chi connectivity index (χ3v) is 6.74. The van der Waals surface area contributed by atoms with Gasteiger partial charge in [-0.1, -0.05) is 0 Å². The molecule has 6 heteroatoms. The normalized spacial score (nSPS) is 38.4. The highest BCUT2D eigenvalue weighted by atomic mass is 16.5. The molecular weight excluding hydrogens is 330 g/mol. The van der Waals surface area contributed by atoms with Crippen LogP contribution in [-0.2, 0) is 9.53 Å². The molecule has 144 valence electrons. The number of methoxy groups -OCH3 is 1. The van der Waals surface area contributed by atoms with Crippen LogP contribution in [0.25, 0.3) is 0 Å². The van der Waals surface area contributed by atoms with Crippen molar-refractivity contribution in [2.45, 2.75) is 63.3 Å². The average Bonchev–Trinajstić information content (AvgIpc) is 2.98. The number of aliphatic hydroxyl groups is 1. The molecule has 0 bridgehead atoms. The molecule has 2 atom stereocenters. The minimum absolute atomic E-state index is 0.0221. The van der Waals surface area contributed by atoms with Crippen molar-refractivity contribution in [2.75, 3.05) is 26.7 Å². The lowest BCUT2D eigenvalue weighted by Gasteiger charge is -2.44. The van der Waals surface area contributed by atoms with E-state index in [4.69, 9.17) is 4.74 Å². The van der Waals surface area contributed by atoms with Gasteiger partial charge in [0.25, 0.3) is 0 Å². The summed E-state index contributed by atoms with van der Waals surface area (Å²) in [6.07, 6.45) is 12.3. The molecule has 1 spiro atoms. The van der Waals surface area contributed by atoms with Gasteiger partial charge in [-0.2, -0.15) is 0 Å². The van der Waals surface area contributed by atoms with Crippen LogP contribution in [0, 0.1) is 5.41 Å². The largest absolute Gasteiger partial charge is 0.497 e. The number of nitrogens with one attached hydrogen (secondary N) is 1. The fourth-order valence-electron chi connectivity index (χ4n) is 5.26. The maximum absolute atomic E-state index is 13.4. The number of allylic oxidation sites excluding steroid dienone is 2. The molecular formula is C20H31N3O3. The van der Waals surface area contributed by atoms with Crippen LogP contribution < -0.4 is 5.32 Å². The maximum Gasteiger partial charge on any atom is 0.230 e. The van der Waals surface area contributed by atoms with Crippen LogP contribution in [0.15, 0.2) is 24.1 Å². The highest BCUT2D eigenvalue weighted by Crippen LogP contribution is 2.43. The predicted molar refractivity (Wildman–Crippen MR) is 99.0 cm³/mol. The van der Waals surface area contributed by atoms with E-state index in [1.54, 1.807) is 7.11 Å². The summed E-state index contributed by atoms with van der Waals surface area (Å²) in [5, 5.41) is 13.2. The molecule has 6 nitrogen and oxygen atoms in total. The van der Waals surface area contributed by atoms with Crippen molar-refractivity contribution in [3.63, 3.8) is 0 Å². The Balaban J connectivity index is 1.46. The Morgan fingerprint density at radius 3 is 2.81 bits per heavy atom. The SMILES string of the molecule is COC1=CC=CNC1N1CCC[C@@]2(CCN(C3CCC(O)CC3)C2=O)C1. The van der Waals surface area contributed by atoms with Crippen molar-refractivity contribution in [1.29, 1.82) is 0 Å². The molecule has 1 saturated carbocycles. The molecule has 2 N–H and O–H groups in total. The molecule has 3 aliphatic heterocycles. The first-order valence-electron chi connectivity index (χ1n) is 10.0. The van der Waals surface area contributed by atoms with E-state index >= 15 is 0 Å². The molecule has 3 fully saturated rings. The molecule has 4 aliphatic rings. The second-order valence-corrected chi connectivity index (χ2v) is 8.27. The summed E-state index contributed by atoms with van der Waals surface area (Å²) in [5.74, 6) is 1.26. The van der Waals surface area contributed by atoms with Gasteiger partial charge in [0, 0.05) is 25.7 Å². The van der Waals surface area contributed by atoms with Crippen LogP contribution in [0.2, 0.25) is 0 Å². The lowest BCUT2D eigenvalue weighted by atomic mass is 9.78. The number of nitrogens with zero attached hydrogens (tertiary/aromatic N) is 2. The number of rotatable bonds is 3. The highest BCUT2D eigenvalue weighted by Gasteiger charge is 2.51. The van der Waals surface area contributed by atoms with E-state index in [0.29, 0.717) is 11.9 Å². The first kappa shape index (κ1) is 17.9. The number of carbonyl (C=O) groups is 1. The monoisotopic (exact) mass is 361 g/mol. The Hall–Kier alpha value is -1.53. The van der Waals surface area contributed by atoms with E-state index in [2.05, 4.69) is 15.1 Å². The minimum atomic E-state index is -0.240. The third kappa shape index (κ3) is 3.14. The van der Waals surface area contributed by atoms with Gasteiger partial charge in [0.05, 0.1) is 18.6 Å². The van der Waals surface area contributed by atoms with Gasteiger partial charge >= 0.3 is 0 Å². The first-order valence-corrected chi connectivity index (χ1v) is 10.0. The topological polar surface area (TPSA) is 65.0 Å². The Labute approximate surface area is 155 Å². The summed E-state index contributed by atoms with van der Waals surface area (Å²) in [6.45, 7) is 2.65. The second kappa shape index (κ2) is 7.24. The van der Waals surface area contributed by atoms with E-state index in [0.717, 1.165) is 70.3 Å². The van der Waals surface area contributed by atoms with Crippen molar-refractivity contribution in [2.24, 2.45) is 5.41 Å². The van der Waals surface area contributed by atoms with Crippen LogP contribution in [0.1, 0.15) is 44.9 Å². The summed E-state index contributed by atoms with van der Waals surface area (Å²) in [4.78, 5) is 17.9. The van der Waals surface area contributed by atoms with Crippen LogP contribution in [0.3, 0.4) is 0 Å². The number of amides is 1. The molecule has 0 aromatic carbocycles. The number of ether oxygens (including phenoxy) is 1. The summed E-state index contributed by atoms with van der Waals surface area (Å²) in [7, 11) is 1.71. The summed E-state index contributed by atoms with van der Waals surface area (Å²) < 4.78 is 5.55. The van der Waals surface area contributed by atoms with Gasteiger partial charge in [0.1, 0.15) is 11.9 Å². The van der Waals surface area contributed by atoms with Crippen LogP contribution >= 0.6 is 0 Å². The Morgan fingerprint density at radius 1 is 1.23 bits per heavy atom. The lowest BCUT2D eigenvalue weighted by Crippen LogP contribution is -2.56. The highest BCUT2D eigenvalue weighted by molar-refractivity contribution is 5.85. The maximum atomic E-state index is 13.4. The number of piperidine rings is 1. The zero-order valence-electron chi connectivity index (χ0n) is 15.7. The Morgan fingerprint density at radius 2 is 2.04 bits per heavy atom. The van der Waals surface area contributed by atoms with Crippen molar-refractivity contribution in [1.82, 2.24) is 15.1 Å². The van der Waals surface area contributed by atoms with Crippen LogP contribution in [0.5, 0.6) is 0 Å². The van der Waals surface area contributed by atoms with Gasteiger partial charge in [-0.25, -0.2) is 0 Å². The number of aliphatic hydroxyl groups excluding tert-OH is 1. The van der Waals surface area contributed by atoms with E-state index in [-0.39, 0.29) is 17.7 Å². The molecule has 0 radical (unpaired) electrons. The third-order valence-electron chi connectivity index (χ3n) is 6.74. The summed E-state index contributed by atoms with van der Waals surface area (Å²) in [6, 6.07) is 0.325. The molecule has 2 saturated heterocycles. The predicted octanol–water partition coefficient (Wildman–Crippen LogP) is 1.58. The van der Waals surface area contributed by atoms with E-state index in [1.807, 2.05) is 18.4 Å². The van der Waals surface area contributed by atoms with Gasteiger partial charge in [0.15, 0.2) is 0 Å². The van der Waals surface area contributed by atoms with E-state index < -0.39 is 0 Å². The van der Waals surface area contributed by atoms with Gasteiger partial charge in [-0.3, -0.25) is 9.69 Å². The Bertz CT molecular complexity index is 597. The zero-order valence-corrected chi connectivity index (χ0v) is 15.7. The van der Waals surface area contributed by atoms with E-state index in [9.17, 15) is 9.90 Å². The van der Waals surface area contributed by atoms with Crippen molar-refractivity contribution in [3.8, 4) is 0 Å². The number of hydrogen-bond donors (Lipinski definition) is 2. The van der Waals surface area contributed by atoms with Crippen molar-refractivity contribution in [3.05, 3.63) is 24.1 Å². The standard InChI is InChI=1S/C20H31N3O3/c1-26-17-4-2-11-21-18(17)22-12-3-9-20(14-22)10-13-23(19(20)25)15-5-7-16(24)8-6-15/h2,4,11,15-16,18,21,24H,3,5-10,12-14H2,1H3/t15?,16?,18?,20-/m1/s1. The van der Waals surface area contributed by atoms with Crippen molar-refractivity contribution >= 4 is 5.91 Å². The minimum Gasteiger partial charge on any atom is -0.497 e. The number of likely N-dealkylation sites (tertiary alicyclic amines) is 2. The summed E-state index contributed by atoms with van der Waals surface area (Å²) >= 11 is 0. The van der Waals surface area contributed by atoms with Crippen LogP contribution in [0.4, 0.5) is 0 Å². The molecule has 1 amide bonds. The lowest BCUT2D eigenvalue weighted by molar-refractivity contribution is -0.142. The number of hydrogen-bond acceptors (Lipinski definition) is 5. The number of dihydropyridines is 1. The molecule has 0 aromatic heterocycles. The first-order chi connectivity index (χ1) is 12.6. The molecule has 26 heavy (non-hydrogen) atoms. The quantitative estimate of drug-likeness (QED) is 0.799. The smallest absolute Gasteiger partial charge is 0.230 e.